The molecule has 1 amide bonds. The number of nitrogens with zero attached hydrogens (tertiary/aromatic N) is 2. The van der Waals surface area contributed by atoms with Crippen LogP contribution in [0.2, 0.25) is 0 Å². The zero-order valence-electron chi connectivity index (χ0n) is 17.2. The Labute approximate surface area is 193 Å². The second kappa shape index (κ2) is 9.46. The molecule has 1 heterocycles. The van der Waals surface area contributed by atoms with E-state index in [2.05, 4.69) is 45.1 Å². The molecule has 7 heteroatoms. The van der Waals surface area contributed by atoms with Crippen LogP contribution in [-0.2, 0) is 6.18 Å². The van der Waals surface area contributed by atoms with Crippen LogP contribution < -0.4 is 0 Å². The zero-order chi connectivity index (χ0) is 22.7. The van der Waals surface area contributed by atoms with Crippen LogP contribution in [0, 0.1) is 0 Å². The van der Waals surface area contributed by atoms with Gasteiger partial charge in [0.25, 0.3) is 5.91 Å². The highest BCUT2D eigenvalue weighted by molar-refractivity contribution is 9.10. The number of carbonyl (C=O) groups is 1. The first-order valence-corrected chi connectivity index (χ1v) is 11.1. The first-order chi connectivity index (χ1) is 15.3. The predicted molar refractivity (Wildman–Crippen MR) is 121 cm³/mol. The van der Waals surface area contributed by atoms with E-state index in [0.29, 0.717) is 26.2 Å². The Morgan fingerprint density at radius 1 is 0.781 bits per heavy atom. The molecule has 0 radical (unpaired) electrons. The lowest BCUT2D eigenvalue weighted by atomic mass is 9.96. The molecular weight excluding hydrogens is 481 g/mol. The molecule has 3 aromatic carbocycles. The number of rotatable bonds is 4. The maximum absolute atomic E-state index is 13.4. The molecular formula is C25H22BrF3N2O. The van der Waals surface area contributed by atoms with Crippen molar-refractivity contribution in [3.63, 3.8) is 0 Å². The van der Waals surface area contributed by atoms with E-state index in [0.717, 1.165) is 21.7 Å². The van der Waals surface area contributed by atoms with Crippen LogP contribution in [0.1, 0.15) is 33.1 Å². The Morgan fingerprint density at radius 3 is 1.97 bits per heavy atom. The SMILES string of the molecule is O=C(c1ccccc1C(F)(F)F)N1CCN([C@H](c2ccccc2)c2ccc(Br)cc2)CC1. The predicted octanol–water partition coefficient (Wildman–Crippen LogP) is 6.02. The maximum Gasteiger partial charge on any atom is 0.417 e. The van der Waals surface area contributed by atoms with Crippen LogP contribution in [0.15, 0.2) is 83.3 Å². The molecule has 32 heavy (non-hydrogen) atoms. The largest absolute Gasteiger partial charge is 0.417 e. The molecule has 3 aromatic rings. The van der Waals surface area contributed by atoms with Crippen molar-refractivity contribution in [2.24, 2.45) is 0 Å². The molecule has 0 saturated carbocycles. The Morgan fingerprint density at radius 2 is 1.34 bits per heavy atom. The fourth-order valence-electron chi connectivity index (χ4n) is 4.16. The van der Waals surface area contributed by atoms with Gasteiger partial charge in [0.2, 0.25) is 0 Å². The molecule has 1 saturated heterocycles. The zero-order valence-corrected chi connectivity index (χ0v) is 18.8. The summed E-state index contributed by atoms with van der Waals surface area (Å²) in [5.74, 6) is -0.572. The molecule has 0 spiro atoms. The first kappa shape index (κ1) is 22.6. The van der Waals surface area contributed by atoms with Crippen molar-refractivity contribution in [3.8, 4) is 0 Å². The standard InChI is InChI=1S/C25H22BrF3N2O/c26-20-12-10-19(11-13-20)23(18-6-2-1-3-7-18)30-14-16-31(17-15-30)24(32)21-8-4-5-9-22(21)25(27,28)29/h1-13,23H,14-17H2/t23-/m1/s1. The lowest BCUT2D eigenvalue weighted by molar-refractivity contribution is -0.138. The van der Waals surface area contributed by atoms with Gasteiger partial charge in [0.05, 0.1) is 17.2 Å². The van der Waals surface area contributed by atoms with Gasteiger partial charge in [-0.15, -0.1) is 0 Å². The molecule has 166 valence electrons. The van der Waals surface area contributed by atoms with Gasteiger partial charge in [0.1, 0.15) is 0 Å². The summed E-state index contributed by atoms with van der Waals surface area (Å²) in [6, 6.07) is 23.2. The molecule has 0 N–H and O–H groups in total. The molecule has 4 rings (SSSR count). The molecule has 0 unspecified atom stereocenters. The lowest BCUT2D eigenvalue weighted by Crippen LogP contribution is -2.50. The molecule has 0 bridgehead atoms. The number of halogens is 4. The van der Waals surface area contributed by atoms with Gasteiger partial charge in [0.15, 0.2) is 0 Å². The molecule has 3 nitrogen and oxygen atoms in total. The van der Waals surface area contributed by atoms with Gasteiger partial charge in [-0.2, -0.15) is 13.2 Å². The van der Waals surface area contributed by atoms with Gasteiger partial charge >= 0.3 is 6.18 Å². The monoisotopic (exact) mass is 502 g/mol. The quantitative estimate of drug-likeness (QED) is 0.435. The highest BCUT2D eigenvalue weighted by Gasteiger charge is 2.37. The third-order valence-electron chi connectivity index (χ3n) is 5.73. The number of piperazine rings is 1. The molecule has 1 aliphatic rings. The van der Waals surface area contributed by atoms with E-state index < -0.39 is 17.6 Å². The molecule has 1 atom stereocenters. The van der Waals surface area contributed by atoms with Crippen LogP contribution in [0.3, 0.4) is 0 Å². The smallest absolute Gasteiger partial charge is 0.336 e. The number of alkyl halides is 3. The highest BCUT2D eigenvalue weighted by Crippen LogP contribution is 2.34. The third kappa shape index (κ3) is 4.89. The van der Waals surface area contributed by atoms with E-state index in [1.54, 1.807) is 0 Å². The van der Waals surface area contributed by atoms with Crippen LogP contribution >= 0.6 is 15.9 Å². The second-order valence-corrected chi connectivity index (χ2v) is 8.65. The topological polar surface area (TPSA) is 23.6 Å². The average molecular weight is 503 g/mol. The maximum atomic E-state index is 13.4. The minimum Gasteiger partial charge on any atom is -0.336 e. The number of carbonyl (C=O) groups excluding carboxylic acids is 1. The number of benzene rings is 3. The van der Waals surface area contributed by atoms with Crippen molar-refractivity contribution in [2.45, 2.75) is 12.2 Å². The van der Waals surface area contributed by atoms with E-state index in [4.69, 9.17) is 0 Å². The Kier molecular flexibility index (Phi) is 6.67. The van der Waals surface area contributed by atoms with Gasteiger partial charge in [-0.1, -0.05) is 70.5 Å². The molecule has 0 aromatic heterocycles. The van der Waals surface area contributed by atoms with E-state index >= 15 is 0 Å². The van der Waals surface area contributed by atoms with E-state index in [-0.39, 0.29) is 11.6 Å². The van der Waals surface area contributed by atoms with Crippen LogP contribution in [0.4, 0.5) is 13.2 Å². The fourth-order valence-corrected chi connectivity index (χ4v) is 4.43. The van der Waals surface area contributed by atoms with E-state index in [1.165, 1.54) is 23.1 Å². The Bertz CT molecular complexity index is 1060. The molecule has 1 fully saturated rings. The van der Waals surface area contributed by atoms with Gasteiger partial charge in [-0.05, 0) is 35.4 Å². The summed E-state index contributed by atoms with van der Waals surface area (Å²) in [7, 11) is 0. The summed E-state index contributed by atoms with van der Waals surface area (Å²) in [5, 5.41) is 0. The van der Waals surface area contributed by atoms with Crippen molar-refractivity contribution in [1.29, 1.82) is 0 Å². The Hall–Kier alpha value is -2.64. The van der Waals surface area contributed by atoms with Crippen molar-refractivity contribution >= 4 is 21.8 Å². The Balaban J connectivity index is 1.54. The second-order valence-electron chi connectivity index (χ2n) is 7.74. The summed E-state index contributed by atoms with van der Waals surface area (Å²) in [4.78, 5) is 16.7. The van der Waals surface area contributed by atoms with Crippen LogP contribution in [-0.4, -0.2) is 41.9 Å². The summed E-state index contributed by atoms with van der Waals surface area (Å²) in [6.07, 6.45) is -4.56. The minimum atomic E-state index is -4.56. The van der Waals surface area contributed by atoms with Gasteiger partial charge in [-0.3, -0.25) is 9.69 Å². The summed E-state index contributed by atoms with van der Waals surface area (Å²) in [6.45, 7) is 1.86. The number of hydrogen-bond acceptors (Lipinski definition) is 2. The van der Waals surface area contributed by atoms with Gasteiger partial charge in [-0.25, -0.2) is 0 Å². The van der Waals surface area contributed by atoms with E-state index in [9.17, 15) is 18.0 Å². The van der Waals surface area contributed by atoms with Gasteiger partial charge in [0, 0.05) is 30.7 Å². The van der Waals surface area contributed by atoms with Crippen molar-refractivity contribution in [3.05, 3.63) is 106 Å². The summed E-state index contributed by atoms with van der Waals surface area (Å²) < 4.78 is 41.1. The normalized spacial score (nSPS) is 16.1. The summed E-state index contributed by atoms with van der Waals surface area (Å²) >= 11 is 3.47. The van der Waals surface area contributed by atoms with Gasteiger partial charge < -0.3 is 4.90 Å². The first-order valence-electron chi connectivity index (χ1n) is 10.3. The number of hydrogen-bond donors (Lipinski definition) is 0. The summed E-state index contributed by atoms with van der Waals surface area (Å²) in [5.41, 5.74) is 1.09. The molecule has 0 aliphatic carbocycles. The van der Waals surface area contributed by atoms with Crippen molar-refractivity contribution < 1.29 is 18.0 Å². The molecule has 1 aliphatic heterocycles. The third-order valence-corrected chi connectivity index (χ3v) is 6.26. The van der Waals surface area contributed by atoms with Crippen molar-refractivity contribution in [1.82, 2.24) is 9.80 Å². The van der Waals surface area contributed by atoms with Crippen LogP contribution in [0.5, 0.6) is 0 Å². The number of amides is 1. The minimum absolute atomic E-state index is 0.00372. The average Bonchev–Trinajstić information content (AvgIpc) is 2.81. The van der Waals surface area contributed by atoms with Crippen LogP contribution in [0.25, 0.3) is 0 Å². The lowest BCUT2D eigenvalue weighted by Gasteiger charge is -2.40. The van der Waals surface area contributed by atoms with E-state index in [1.807, 2.05) is 30.3 Å². The van der Waals surface area contributed by atoms with Crippen molar-refractivity contribution in [2.75, 3.05) is 26.2 Å². The fraction of sp³-hybridized carbons (Fsp3) is 0.240. The highest BCUT2D eigenvalue weighted by atomic mass is 79.9.